The minimum absolute atomic E-state index is 0.412. The van der Waals surface area contributed by atoms with Gasteiger partial charge in [-0.15, -0.1) is 0 Å². The molecule has 0 N–H and O–H groups in total. The molecule has 0 bridgehead atoms. The fraction of sp³-hybridized carbons (Fsp3) is 0.348. The Morgan fingerprint density at radius 3 is 2.70 bits per heavy atom. The van der Waals surface area contributed by atoms with E-state index in [1.807, 2.05) is 46.7 Å². The van der Waals surface area contributed by atoms with Crippen LogP contribution in [0.2, 0.25) is 0 Å². The zero-order chi connectivity index (χ0) is 20.5. The summed E-state index contributed by atoms with van der Waals surface area (Å²) in [4.78, 5) is 7.30. The molecular weight excluding hydrogens is 376 g/mol. The quantitative estimate of drug-likeness (QED) is 0.511. The van der Waals surface area contributed by atoms with E-state index in [1.54, 1.807) is 7.11 Å². The van der Waals surface area contributed by atoms with Crippen LogP contribution < -0.4 is 4.74 Å². The highest BCUT2D eigenvalue weighted by Crippen LogP contribution is 2.28. The number of methoxy groups -OCH3 is 1. The molecule has 0 aliphatic carbocycles. The minimum Gasteiger partial charge on any atom is -0.497 e. The molecule has 7 heteroatoms. The zero-order valence-electron chi connectivity index (χ0n) is 17.4. The summed E-state index contributed by atoms with van der Waals surface area (Å²) in [5.74, 6) is 2.22. The summed E-state index contributed by atoms with van der Waals surface area (Å²) >= 11 is 0. The predicted octanol–water partition coefficient (Wildman–Crippen LogP) is 3.52. The Bertz CT molecular complexity index is 1160. The van der Waals surface area contributed by atoms with Gasteiger partial charge in [0.15, 0.2) is 11.5 Å². The van der Waals surface area contributed by atoms with E-state index < -0.39 is 0 Å². The number of aromatic nitrogens is 5. The van der Waals surface area contributed by atoms with Crippen LogP contribution in [0.15, 0.2) is 55.0 Å². The fourth-order valence-electron chi connectivity index (χ4n) is 4.21. The number of hydrogen-bond acceptors (Lipinski definition) is 5. The van der Waals surface area contributed by atoms with Gasteiger partial charge in [0.05, 0.1) is 13.3 Å². The molecule has 1 saturated heterocycles. The first kappa shape index (κ1) is 18.8. The van der Waals surface area contributed by atoms with Gasteiger partial charge in [-0.25, -0.2) is 9.50 Å². The maximum Gasteiger partial charge on any atom is 0.155 e. The summed E-state index contributed by atoms with van der Waals surface area (Å²) in [5.41, 5.74) is 4.38. The van der Waals surface area contributed by atoms with Gasteiger partial charge in [-0.1, -0.05) is 12.1 Å². The first-order valence-corrected chi connectivity index (χ1v) is 10.4. The number of aryl methyl sites for hydroxylation is 1. The topological polar surface area (TPSA) is 60.5 Å². The van der Waals surface area contributed by atoms with Gasteiger partial charge in [0, 0.05) is 43.0 Å². The third kappa shape index (κ3) is 3.80. The summed E-state index contributed by atoms with van der Waals surface area (Å²) in [5, 5.41) is 9.09. The monoisotopic (exact) mass is 402 g/mol. The lowest BCUT2D eigenvalue weighted by molar-refractivity contribution is 0.202. The van der Waals surface area contributed by atoms with Gasteiger partial charge in [0.2, 0.25) is 0 Å². The van der Waals surface area contributed by atoms with Crippen LogP contribution in [0.1, 0.15) is 30.1 Å². The largest absolute Gasteiger partial charge is 0.497 e. The smallest absolute Gasteiger partial charge is 0.155 e. The lowest BCUT2D eigenvalue weighted by Crippen LogP contribution is -2.32. The Kier molecular flexibility index (Phi) is 4.96. The Labute approximate surface area is 175 Å². The molecule has 0 radical (unpaired) electrons. The Balaban J connectivity index is 1.29. The first-order valence-electron chi connectivity index (χ1n) is 10.4. The Morgan fingerprint density at radius 1 is 1.07 bits per heavy atom. The number of likely N-dealkylation sites (tertiary alicyclic amines) is 1. The number of ether oxygens (including phenoxy) is 1. The highest BCUT2D eigenvalue weighted by Gasteiger charge is 2.24. The number of rotatable bonds is 5. The van der Waals surface area contributed by atoms with Gasteiger partial charge in [-0.2, -0.15) is 10.2 Å². The Morgan fingerprint density at radius 2 is 1.93 bits per heavy atom. The van der Waals surface area contributed by atoms with Gasteiger partial charge >= 0.3 is 0 Å². The summed E-state index contributed by atoms with van der Waals surface area (Å²) in [6.07, 6.45) is 8.27. The van der Waals surface area contributed by atoms with Crippen molar-refractivity contribution in [2.24, 2.45) is 7.05 Å². The SMILES string of the molecule is COc1cccc(-c2ccc3nc(C4CCN(Cc5cnn(C)c5)CC4)nn3c2)c1. The van der Waals surface area contributed by atoms with Crippen molar-refractivity contribution in [2.75, 3.05) is 20.2 Å². The summed E-state index contributed by atoms with van der Waals surface area (Å²) in [6.45, 7) is 3.08. The fourth-order valence-corrected chi connectivity index (χ4v) is 4.21. The third-order valence-corrected chi connectivity index (χ3v) is 5.87. The lowest BCUT2D eigenvalue weighted by Gasteiger charge is -2.30. The molecule has 4 heterocycles. The summed E-state index contributed by atoms with van der Waals surface area (Å²) in [6, 6.07) is 12.2. The number of fused-ring (bicyclic) bond motifs is 1. The van der Waals surface area contributed by atoms with Crippen LogP contribution in [0.25, 0.3) is 16.8 Å². The summed E-state index contributed by atoms with van der Waals surface area (Å²) in [7, 11) is 3.65. The van der Waals surface area contributed by atoms with E-state index in [-0.39, 0.29) is 0 Å². The molecule has 1 fully saturated rings. The third-order valence-electron chi connectivity index (χ3n) is 5.87. The molecule has 1 aliphatic rings. The molecule has 1 aliphatic heterocycles. The van der Waals surface area contributed by atoms with Crippen LogP contribution >= 0.6 is 0 Å². The van der Waals surface area contributed by atoms with Crippen LogP contribution in [-0.4, -0.2) is 49.5 Å². The van der Waals surface area contributed by atoms with Gasteiger partial charge in [-0.05, 0) is 55.8 Å². The molecule has 30 heavy (non-hydrogen) atoms. The zero-order valence-corrected chi connectivity index (χ0v) is 17.4. The maximum atomic E-state index is 5.35. The van der Waals surface area contributed by atoms with Crippen molar-refractivity contribution in [3.8, 4) is 16.9 Å². The van der Waals surface area contributed by atoms with Crippen molar-refractivity contribution in [3.63, 3.8) is 0 Å². The molecule has 1 aromatic carbocycles. The molecule has 0 unspecified atom stereocenters. The van der Waals surface area contributed by atoms with Gasteiger partial charge in [0.1, 0.15) is 5.75 Å². The predicted molar refractivity (Wildman–Crippen MR) is 115 cm³/mol. The number of hydrogen-bond donors (Lipinski definition) is 0. The second kappa shape index (κ2) is 7.91. The maximum absolute atomic E-state index is 5.35. The highest BCUT2D eigenvalue weighted by atomic mass is 16.5. The number of piperidine rings is 1. The molecule has 0 spiro atoms. The second-order valence-corrected chi connectivity index (χ2v) is 8.00. The molecular formula is C23H26N6O. The average Bonchev–Trinajstić information content (AvgIpc) is 3.39. The van der Waals surface area contributed by atoms with Gasteiger partial charge < -0.3 is 4.74 Å². The van der Waals surface area contributed by atoms with Crippen LogP contribution in [0.4, 0.5) is 0 Å². The van der Waals surface area contributed by atoms with Crippen LogP contribution in [0.5, 0.6) is 5.75 Å². The Hall–Kier alpha value is -3.19. The van der Waals surface area contributed by atoms with Gasteiger partial charge in [0.25, 0.3) is 0 Å². The van der Waals surface area contributed by atoms with Crippen LogP contribution in [-0.2, 0) is 13.6 Å². The first-order chi connectivity index (χ1) is 14.7. The molecule has 0 saturated carbocycles. The number of pyridine rings is 1. The van der Waals surface area contributed by atoms with Crippen molar-refractivity contribution >= 4 is 5.65 Å². The molecule has 5 rings (SSSR count). The number of benzene rings is 1. The van der Waals surface area contributed by atoms with Crippen molar-refractivity contribution in [1.29, 1.82) is 0 Å². The van der Waals surface area contributed by atoms with E-state index in [9.17, 15) is 0 Å². The van der Waals surface area contributed by atoms with E-state index in [2.05, 4.69) is 34.5 Å². The molecule has 4 aromatic rings. The molecule has 3 aromatic heterocycles. The van der Waals surface area contributed by atoms with E-state index >= 15 is 0 Å². The highest BCUT2D eigenvalue weighted by molar-refractivity contribution is 5.65. The van der Waals surface area contributed by atoms with Crippen molar-refractivity contribution in [1.82, 2.24) is 29.3 Å². The van der Waals surface area contributed by atoms with Crippen LogP contribution in [0.3, 0.4) is 0 Å². The van der Waals surface area contributed by atoms with E-state index in [4.69, 9.17) is 14.8 Å². The normalized spacial score (nSPS) is 15.7. The summed E-state index contributed by atoms with van der Waals surface area (Å²) < 4.78 is 9.12. The molecule has 0 atom stereocenters. The molecule has 154 valence electrons. The average molecular weight is 403 g/mol. The van der Waals surface area contributed by atoms with Crippen molar-refractivity contribution in [2.45, 2.75) is 25.3 Å². The van der Waals surface area contributed by atoms with E-state index in [1.165, 1.54) is 5.56 Å². The second-order valence-electron chi connectivity index (χ2n) is 8.00. The van der Waals surface area contributed by atoms with Crippen molar-refractivity contribution < 1.29 is 4.74 Å². The lowest BCUT2D eigenvalue weighted by atomic mass is 9.96. The van der Waals surface area contributed by atoms with Crippen molar-refractivity contribution in [3.05, 3.63) is 66.4 Å². The molecule has 0 amide bonds. The van der Waals surface area contributed by atoms with Crippen LogP contribution in [0, 0.1) is 0 Å². The minimum atomic E-state index is 0.412. The molecule has 7 nitrogen and oxygen atoms in total. The number of nitrogens with zero attached hydrogens (tertiary/aromatic N) is 6. The van der Waals surface area contributed by atoms with E-state index in [0.29, 0.717) is 5.92 Å². The van der Waals surface area contributed by atoms with Gasteiger partial charge in [-0.3, -0.25) is 9.58 Å². The van der Waals surface area contributed by atoms with E-state index in [0.717, 1.165) is 60.8 Å². The standard InChI is InChI=1S/C23H26N6O/c1-27-14-17(13-24-27)15-28-10-8-18(9-11-28)23-25-22-7-6-20(16-29(22)26-23)19-4-3-5-21(12-19)30-2/h3-7,12-14,16,18H,8-11,15H2,1-2H3.